The first-order valence-electron chi connectivity index (χ1n) is 3.71. The number of aromatic nitrogens is 1. The average Bonchev–Trinajstić information content (AvgIpc) is 2.03. The predicted octanol–water partition coefficient (Wildman–Crippen LogP) is 2.03. The molecule has 0 aliphatic heterocycles. The van der Waals surface area contributed by atoms with Crippen molar-refractivity contribution in [1.29, 1.82) is 0 Å². The first-order valence-corrected chi connectivity index (χ1v) is 3.71. The van der Waals surface area contributed by atoms with E-state index in [2.05, 4.69) is 4.98 Å². The Morgan fingerprint density at radius 3 is 2.31 bits per heavy atom. The van der Waals surface area contributed by atoms with Gasteiger partial charge in [0.2, 0.25) is 0 Å². The van der Waals surface area contributed by atoms with Crippen molar-refractivity contribution in [1.82, 2.24) is 4.98 Å². The molecule has 5 heteroatoms. The standard InChI is InChI=1S/C8H9F3N2/c9-8(10,11)5-7(12)6-1-3-13-4-2-6/h1-4,7H,5,12H2/t7-/m1/s1. The topological polar surface area (TPSA) is 38.9 Å². The number of rotatable bonds is 2. The van der Waals surface area contributed by atoms with Gasteiger partial charge in [0.1, 0.15) is 0 Å². The molecule has 0 aliphatic rings. The Hall–Kier alpha value is -1.10. The first-order chi connectivity index (χ1) is 5.99. The smallest absolute Gasteiger partial charge is 0.324 e. The Morgan fingerprint density at radius 1 is 1.31 bits per heavy atom. The summed E-state index contributed by atoms with van der Waals surface area (Å²) in [7, 11) is 0. The molecular formula is C8H9F3N2. The van der Waals surface area contributed by atoms with Crippen molar-refractivity contribution in [2.45, 2.75) is 18.6 Å². The van der Waals surface area contributed by atoms with Gasteiger partial charge in [-0.25, -0.2) is 0 Å². The van der Waals surface area contributed by atoms with E-state index in [1.165, 1.54) is 24.5 Å². The predicted molar refractivity (Wildman–Crippen MR) is 41.8 cm³/mol. The zero-order valence-corrected chi connectivity index (χ0v) is 6.75. The van der Waals surface area contributed by atoms with Crippen molar-refractivity contribution in [3.05, 3.63) is 30.1 Å². The van der Waals surface area contributed by atoms with Crippen molar-refractivity contribution in [2.75, 3.05) is 0 Å². The normalized spacial score (nSPS) is 14.2. The Balaban J connectivity index is 2.64. The lowest BCUT2D eigenvalue weighted by atomic mass is 10.1. The van der Waals surface area contributed by atoms with Gasteiger partial charge < -0.3 is 5.73 Å². The minimum Gasteiger partial charge on any atom is -0.324 e. The molecule has 0 aliphatic carbocycles. The highest BCUT2D eigenvalue weighted by Gasteiger charge is 2.30. The number of pyridine rings is 1. The second-order valence-electron chi connectivity index (χ2n) is 2.71. The second-order valence-corrected chi connectivity index (χ2v) is 2.71. The number of hydrogen-bond acceptors (Lipinski definition) is 2. The number of nitrogens with two attached hydrogens (primary N) is 1. The summed E-state index contributed by atoms with van der Waals surface area (Å²) in [5.74, 6) is 0. The fourth-order valence-corrected chi connectivity index (χ4v) is 0.978. The van der Waals surface area contributed by atoms with Gasteiger partial charge in [-0.2, -0.15) is 13.2 Å². The van der Waals surface area contributed by atoms with Crippen molar-refractivity contribution < 1.29 is 13.2 Å². The van der Waals surface area contributed by atoms with Crippen LogP contribution >= 0.6 is 0 Å². The third kappa shape index (κ3) is 3.42. The van der Waals surface area contributed by atoms with E-state index >= 15 is 0 Å². The average molecular weight is 190 g/mol. The van der Waals surface area contributed by atoms with Gasteiger partial charge in [0, 0.05) is 18.4 Å². The van der Waals surface area contributed by atoms with Crippen LogP contribution in [0.15, 0.2) is 24.5 Å². The lowest BCUT2D eigenvalue weighted by molar-refractivity contribution is -0.138. The molecule has 1 rings (SSSR count). The van der Waals surface area contributed by atoms with Crippen LogP contribution in [0.1, 0.15) is 18.0 Å². The quantitative estimate of drug-likeness (QED) is 0.774. The molecule has 0 aromatic carbocycles. The fourth-order valence-electron chi connectivity index (χ4n) is 0.978. The van der Waals surface area contributed by atoms with Gasteiger partial charge in [0.15, 0.2) is 0 Å². The molecule has 13 heavy (non-hydrogen) atoms. The Bertz CT molecular complexity index is 258. The molecule has 0 bridgehead atoms. The van der Waals surface area contributed by atoms with E-state index in [-0.39, 0.29) is 0 Å². The summed E-state index contributed by atoms with van der Waals surface area (Å²) in [5, 5.41) is 0. The summed E-state index contributed by atoms with van der Waals surface area (Å²) in [6, 6.07) is 1.97. The lowest BCUT2D eigenvalue weighted by Gasteiger charge is -2.13. The van der Waals surface area contributed by atoms with Gasteiger partial charge in [-0.1, -0.05) is 0 Å². The van der Waals surface area contributed by atoms with Crippen LogP contribution in [0.25, 0.3) is 0 Å². The third-order valence-corrected chi connectivity index (χ3v) is 1.59. The molecule has 0 spiro atoms. The molecule has 0 unspecified atom stereocenters. The molecule has 1 aromatic heterocycles. The molecule has 72 valence electrons. The molecule has 2 N–H and O–H groups in total. The molecule has 0 saturated carbocycles. The maximum absolute atomic E-state index is 11.9. The van der Waals surface area contributed by atoms with E-state index in [0.717, 1.165) is 0 Å². The molecule has 2 nitrogen and oxygen atoms in total. The second kappa shape index (κ2) is 3.74. The Labute approximate surface area is 73.6 Å². The molecule has 0 saturated heterocycles. The van der Waals surface area contributed by atoms with Crippen LogP contribution in [0, 0.1) is 0 Å². The largest absolute Gasteiger partial charge is 0.390 e. The van der Waals surface area contributed by atoms with E-state index in [4.69, 9.17) is 5.73 Å². The van der Waals surface area contributed by atoms with Crippen molar-refractivity contribution in [3.8, 4) is 0 Å². The monoisotopic (exact) mass is 190 g/mol. The van der Waals surface area contributed by atoms with Crippen molar-refractivity contribution >= 4 is 0 Å². The number of hydrogen-bond donors (Lipinski definition) is 1. The highest BCUT2D eigenvalue weighted by molar-refractivity contribution is 5.14. The summed E-state index contributed by atoms with van der Waals surface area (Å²) < 4.78 is 35.7. The third-order valence-electron chi connectivity index (χ3n) is 1.59. The highest BCUT2D eigenvalue weighted by Crippen LogP contribution is 2.27. The van der Waals surface area contributed by atoms with Gasteiger partial charge in [-0.05, 0) is 17.7 Å². The van der Waals surface area contributed by atoms with Crippen molar-refractivity contribution in [2.24, 2.45) is 5.73 Å². The SMILES string of the molecule is N[C@H](CC(F)(F)F)c1ccncc1. The van der Waals surface area contributed by atoms with E-state index < -0.39 is 18.6 Å². The van der Waals surface area contributed by atoms with Crippen LogP contribution < -0.4 is 5.73 Å². The summed E-state index contributed by atoms with van der Waals surface area (Å²) >= 11 is 0. The van der Waals surface area contributed by atoms with E-state index in [9.17, 15) is 13.2 Å². The summed E-state index contributed by atoms with van der Waals surface area (Å²) in [6.07, 6.45) is -2.38. The molecule has 0 fully saturated rings. The van der Waals surface area contributed by atoms with Crippen molar-refractivity contribution in [3.63, 3.8) is 0 Å². The van der Waals surface area contributed by atoms with Crippen LogP contribution in [0.5, 0.6) is 0 Å². The van der Waals surface area contributed by atoms with Gasteiger partial charge >= 0.3 is 6.18 Å². The minimum atomic E-state index is -4.22. The molecule has 1 heterocycles. The van der Waals surface area contributed by atoms with E-state index in [0.29, 0.717) is 5.56 Å². The van der Waals surface area contributed by atoms with Crippen LogP contribution in [-0.2, 0) is 0 Å². The molecule has 0 radical (unpaired) electrons. The van der Waals surface area contributed by atoms with E-state index in [1.54, 1.807) is 0 Å². The first kappa shape index (κ1) is 9.98. The van der Waals surface area contributed by atoms with E-state index in [1.807, 2.05) is 0 Å². The molecule has 1 atom stereocenters. The Morgan fingerprint density at radius 2 is 1.85 bits per heavy atom. The summed E-state index contributed by atoms with van der Waals surface area (Å²) in [6.45, 7) is 0. The van der Waals surface area contributed by atoms with Crippen LogP contribution in [0.2, 0.25) is 0 Å². The zero-order valence-electron chi connectivity index (χ0n) is 6.75. The minimum absolute atomic E-state index is 0.451. The number of alkyl halides is 3. The van der Waals surface area contributed by atoms with Crippen LogP contribution in [-0.4, -0.2) is 11.2 Å². The molecule has 1 aromatic rings. The van der Waals surface area contributed by atoms with Gasteiger partial charge in [0.05, 0.1) is 6.42 Å². The van der Waals surface area contributed by atoms with Gasteiger partial charge in [0.25, 0.3) is 0 Å². The lowest BCUT2D eigenvalue weighted by Crippen LogP contribution is -2.20. The highest BCUT2D eigenvalue weighted by atomic mass is 19.4. The van der Waals surface area contributed by atoms with Crippen LogP contribution in [0.4, 0.5) is 13.2 Å². The van der Waals surface area contributed by atoms with Gasteiger partial charge in [-0.3, -0.25) is 4.98 Å². The number of halogens is 3. The number of nitrogens with zero attached hydrogens (tertiary/aromatic N) is 1. The molecular weight excluding hydrogens is 181 g/mol. The maximum Gasteiger partial charge on any atom is 0.390 e. The zero-order chi connectivity index (χ0) is 9.90. The summed E-state index contributed by atoms with van der Waals surface area (Å²) in [5.41, 5.74) is 5.78. The van der Waals surface area contributed by atoms with Crippen LogP contribution in [0.3, 0.4) is 0 Å². The molecule has 0 amide bonds. The fraction of sp³-hybridized carbons (Fsp3) is 0.375. The summed E-state index contributed by atoms with van der Waals surface area (Å²) in [4.78, 5) is 3.69. The van der Waals surface area contributed by atoms with Gasteiger partial charge in [-0.15, -0.1) is 0 Å². The maximum atomic E-state index is 11.9. The Kier molecular flexibility index (Phi) is 2.87.